The van der Waals surface area contributed by atoms with E-state index < -0.39 is 0 Å². The highest BCUT2D eigenvalue weighted by Gasteiger charge is 2.31. The van der Waals surface area contributed by atoms with Crippen molar-refractivity contribution in [3.63, 3.8) is 0 Å². The summed E-state index contributed by atoms with van der Waals surface area (Å²) in [5.74, 6) is 3.86. The molecule has 2 saturated heterocycles. The van der Waals surface area contributed by atoms with Crippen molar-refractivity contribution in [2.45, 2.75) is 52.5 Å². The Hall–Kier alpha value is -3.96. The van der Waals surface area contributed by atoms with Crippen molar-refractivity contribution in [2.75, 3.05) is 24.5 Å². The number of likely N-dealkylation sites (tertiary alicyclic amines) is 1. The van der Waals surface area contributed by atoms with Crippen LogP contribution < -0.4 is 4.90 Å². The number of anilines is 1. The third-order valence-electron chi connectivity index (χ3n) is 8.10. The maximum Gasteiger partial charge on any atom is 0.160 e. The molecule has 2 fully saturated rings. The van der Waals surface area contributed by atoms with Crippen LogP contribution in [0.1, 0.15) is 72.8 Å². The predicted molar refractivity (Wildman–Crippen MR) is 150 cm³/mol. The highest BCUT2D eigenvalue weighted by atomic mass is 16.1. The maximum absolute atomic E-state index is 12.7. The molecule has 0 bridgehead atoms. The van der Waals surface area contributed by atoms with Gasteiger partial charge in [0.25, 0.3) is 0 Å². The van der Waals surface area contributed by atoms with Crippen LogP contribution in [-0.4, -0.2) is 50.9 Å². The normalized spacial score (nSPS) is 19.8. The fourth-order valence-corrected chi connectivity index (χ4v) is 6.13. The predicted octanol–water partition coefficient (Wildman–Crippen LogP) is 5.64. The Morgan fingerprint density at radius 1 is 1.03 bits per heavy atom. The van der Waals surface area contributed by atoms with Crippen molar-refractivity contribution in [2.24, 2.45) is 5.92 Å². The van der Waals surface area contributed by atoms with Gasteiger partial charge in [-0.3, -0.25) is 4.79 Å². The number of aryl methyl sites for hydroxylation is 1. The minimum absolute atomic E-state index is 0.0665. The molecule has 194 valence electrons. The summed E-state index contributed by atoms with van der Waals surface area (Å²) in [6, 6.07) is 13.7. The molecule has 0 radical (unpaired) electrons. The van der Waals surface area contributed by atoms with Gasteiger partial charge in [-0.25, -0.2) is 14.3 Å². The summed E-state index contributed by atoms with van der Waals surface area (Å²) in [4.78, 5) is 34.7. The Morgan fingerprint density at radius 3 is 2.47 bits per heavy atom. The van der Waals surface area contributed by atoms with E-state index in [0.29, 0.717) is 29.3 Å². The lowest BCUT2D eigenvalue weighted by Crippen LogP contribution is -2.33. The van der Waals surface area contributed by atoms with Crippen LogP contribution in [0, 0.1) is 12.8 Å². The quantitative estimate of drug-likeness (QED) is 0.257. The molecule has 4 heterocycles. The molecule has 0 unspecified atom stereocenters. The van der Waals surface area contributed by atoms with Gasteiger partial charge in [0.05, 0.1) is 11.7 Å². The van der Waals surface area contributed by atoms with E-state index in [1.54, 1.807) is 6.92 Å². The summed E-state index contributed by atoms with van der Waals surface area (Å²) in [6.45, 7) is 8.69. The van der Waals surface area contributed by atoms with Crippen LogP contribution in [0.25, 0.3) is 22.1 Å². The van der Waals surface area contributed by atoms with Gasteiger partial charge in [0.2, 0.25) is 0 Å². The van der Waals surface area contributed by atoms with Crippen LogP contribution in [-0.2, 0) is 4.79 Å². The smallest absolute Gasteiger partial charge is 0.160 e. The van der Waals surface area contributed by atoms with Gasteiger partial charge < -0.3 is 9.80 Å². The van der Waals surface area contributed by atoms with Crippen LogP contribution in [0.15, 0.2) is 48.7 Å². The number of ketones is 1. The summed E-state index contributed by atoms with van der Waals surface area (Å²) in [5, 5.41) is 6.90. The lowest BCUT2D eigenvalue weighted by molar-refractivity contribution is 0.101. The van der Waals surface area contributed by atoms with Crippen LogP contribution >= 0.6 is 0 Å². The van der Waals surface area contributed by atoms with Crippen LogP contribution in [0.3, 0.4) is 0 Å². The molecule has 0 aliphatic carbocycles. The van der Waals surface area contributed by atoms with Crippen LogP contribution in [0.2, 0.25) is 0 Å². The molecule has 4 aromatic rings. The number of rotatable bonds is 5. The van der Waals surface area contributed by atoms with Gasteiger partial charge in [-0.05, 0) is 68.4 Å². The second-order valence-electron chi connectivity index (χ2n) is 10.9. The Bertz CT molecular complexity index is 1600. The van der Waals surface area contributed by atoms with E-state index in [4.69, 9.17) is 10.1 Å². The molecule has 7 nitrogen and oxygen atoms in total. The molecule has 0 saturated carbocycles. The highest BCUT2D eigenvalue weighted by molar-refractivity contribution is 6.06. The zero-order valence-corrected chi connectivity index (χ0v) is 22.3. The highest BCUT2D eigenvalue weighted by Crippen LogP contribution is 2.38. The number of nitrogens with zero attached hydrogens (tertiary/aromatic N) is 5. The summed E-state index contributed by atoms with van der Waals surface area (Å²) in [5.41, 5.74) is 4.43. The van der Waals surface area contributed by atoms with Crippen LogP contribution in [0.5, 0.6) is 0 Å². The molecule has 2 aromatic carbocycles. The molecular formula is C31H33N5O2. The van der Waals surface area contributed by atoms with E-state index in [2.05, 4.69) is 41.9 Å². The zero-order chi connectivity index (χ0) is 26.4. The largest absolute Gasteiger partial charge is 0.356 e. The van der Waals surface area contributed by atoms with E-state index in [0.717, 1.165) is 65.8 Å². The standard InChI is InChI=1S/C31H33N5O2/c1-20-11-13-34(17-20)31-21(2)18-36-30(32-31)16-27(33-36)28-10-6-7-12-35(28)29(19-37)26-15-24-9-5-4-8-23(24)14-25(26)22(3)38/h4-5,8-9,14-16,18,20,28H,6-7,10-13,17H2,1-3H3/t20-,28-/m0/s1. The molecule has 2 aliphatic heterocycles. The van der Waals surface area contributed by atoms with E-state index in [1.807, 2.05) is 40.9 Å². The third-order valence-corrected chi connectivity index (χ3v) is 8.10. The first-order valence-corrected chi connectivity index (χ1v) is 13.6. The van der Waals surface area contributed by atoms with Gasteiger partial charge in [0.15, 0.2) is 17.4 Å². The fourth-order valence-electron chi connectivity index (χ4n) is 6.13. The Balaban J connectivity index is 1.40. The lowest BCUT2D eigenvalue weighted by Gasteiger charge is -2.37. The number of hydrogen-bond donors (Lipinski definition) is 0. The Morgan fingerprint density at radius 2 is 1.79 bits per heavy atom. The molecule has 0 amide bonds. The first-order valence-electron chi connectivity index (χ1n) is 13.6. The minimum Gasteiger partial charge on any atom is -0.356 e. The van der Waals surface area contributed by atoms with Crippen LogP contribution in [0.4, 0.5) is 5.82 Å². The van der Waals surface area contributed by atoms with Crippen molar-refractivity contribution in [3.8, 4) is 0 Å². The maximum atomic E-state index is 12.7. The first kappa shape index (κ1) is 24.4. The molecule has 0 N–H and O–H groups in total. The molecule has 2 atom stereocenters. The van der Waals surface area contributed by atoms with Crippen molar-refractivity contribution in [3.05, 3.63) is 71.0 Å². The van der Waals surface area contributed by atoms with Gasteiger partial charge >= 0.3 is 0 Å². The molecule has 38 heavy (non-hydrogen) atoms. The van der Waals surface area contributed by atoms with E-state index in [-0.39, 0.29) is 11.8 Å². The number of benzene rings is 2. The van der Waals surface area contributed by atoms with Crippen molar-refractivity contribution >= 4 is 39.7 Å². The number of piperidine rings is 1. The van der Waals surface area contributed by atoms with E-state index >= 15 is 0 Å². The first-order chi connectivity index (χ1) is 18.4. The zero-order valence-electron chi connectivity index (χ0n) is 22.3. The molecule has 0 spiro atoms. The summed E-state index contributed by atoms with van der Waals surface area (Å²) in [7, 11) is 0. The van der Waals surface area contributed by atoms with Crippen molar-refractivity contribution in [1.82, 2.24) is 19.5 Å². The van der Waals surface area contributed by atoms with Gasteiger partial charge in [-0.15, -0.1) is 0 Å². The Labute approximate surface area is 222 Å². The number of Topliss-reactive ketones (excluding diaryl/α,β-unsaturated/α-hetero) is 1. The van der Waals surface area contributed by atoms with Crippen molar-refractivity contribution < 1.29 is 9.59 Å². The number of hydrogen-bond acceptors (Lipinski definition) is 6. The molecule has 2 aromatic heterocycles. The monoisotopic (exact) mass is 507 g/mol. The Kier molecular flexibility index (Phi) is 6.24. The third kappa shape index (κ3) is 4.27. The van der Waals surface area contributed by atoms with Crippen molar-refractivity contribution in [1.29, 1.82) is 0 Å². The summed E-state index contributed by atoms with van der Waals surface area (Å²) in [6.07, 6.45) is 6.12. The summed E-state index contributed by atoms with van der Waals surface area (Å²) < 4.78 is 1.86. The SMILES string of the molecule is CC(=O)c1cc2ccccc2cc1C(=C=O)N1CCCC[C@H]1c1cc2nc(N3CC[C@H](C)C3)c(C)cn2n1. The number of aromatic nitrogens is 3. The van der Waals surface area contributed by atoms with Gasteiger partial charge in [-0.1, -0.05) is 31.2 Å². The van der Waals surface area contributed by atoms with Gasteiger partial charge in [-0.2, -0.15) is 5.10 Å². The lowest BCUT2D eigenvalue weighted by atomic mass is 9.93. The second-order valence-corrected chi connectivity index (χ2v) is 10.9. The number of carbonyl (C=O) groups excluding carboxylic acids is 2. The second kappa shape index (κ2) is 9.73. The molecule has 2 aliphatic rings. The topological polar surface area (TPSA) is 70.8 Å². The van der Waals surface area contributed by atoms with E-state index in [1.165, 1.54) is 6.42 Å². The van der Waals surface area contributed by atoms with Gasteiger partial charge in [0.1, 0.15) is 11.5 Å². The summed E-state index contributed by atoms with van der Waals surface area (Å²) >= 11 is 0. The minimum atomic E-state index is -0.0938. The number of carbonyl (C=O) groups is 1. The van der Waals surface area contributed by atoms with Gasteiger partial charge in [0, 0.05) is 48.6 Å². The average molecular weight is 508 g/mol. The fraction of sp³-hybridized carbons (Fsp3) is 0.387. The van der Waals surface area contributed by atoms with E-state index in [9.17, 15) is 9.59 Å². The average Bonchev–Trinajstić information content (AvgIpc) is 3.54. The molecule has 7 heteroatoms. The molecule has 6 rings (SSSR count). The number of fused-ring (bicyclic) bond motifs is 2. The molecular weight excluding hydrogens is 474 g/mol.